The van der Waals surface area contributed by atoms with Gasteiger partial charge < -0.3 is 10.4 Å². The molecule has 0 saturated heterocycles. The van der Waals surface area contributed by atoms with Crippen molar-refractivity contribution in [3.8, 4) is 11.3 Å². The first kappa shape index (κ1) is 21.3. The molecule has 0 spiro atoms. The van der Waals surface area contributed by atoms with Crippen LogP contribution in [0.15, 0.2) is 59.8 Å². The Morgan fingerprint density at radius 3 is 2.81 bits per heavy atom. The smallest absolute Gasteiger partial charge is 0.336 e. The monoisotopic (exact) mass is 449 g/mol. The molecule has 0 atom stereocenters. The summed E-state index contributed by atoms with van der Waals surface area (Å²) in [5, 5.41) is 14.1. The predicted octanol–water partition coefficient (Wildman–Crippen LogP) is 6.13. The van der Waals surface area contributed by atoms with Gasteiger partial charge in [0.25, 0.3) is 0 Å². The van der Waals surface area contributed by atoms with Gasteiger partial charge in [0.05, 0.1) is 11.3 Å². The first-order valence-corrected chi connectivity index (χ1v) is 11.9. The van der Waals surface area contributed by atoms with Gasteiger partial charge in [-0.1, -0.05) is 31.2 Å². The molecule has 5 nitrogen and oxygen atoms in total. The minimum atomic E-state index is -0.913. The van der Waals surface area contributed by atoms with Gasteiger partial charge in [-0.2, -0.15) is 0 Å². The third-order valence-corrected chi connectivity index (χ3v) is 7.12. The molecule has 2 heterocycles. The summed E-state index contributed by atoms with van der Waals surface area (Å²) in [6.07, 6.45) is 2.46. The number of fused-ring (bicyclic) bond motifs is 1. The normalized spacial score (nSPS) is 11.0. The van der Waals surface area contributed by atoms with Gasteiger partial charge >= 0.3 is 5.97 Å². The standard InChI is InChI=1S/C24H23N3O2S2/c1-3-30-22-12-16(8-9-19(22)24(28)29)20-13-23(27-14-26-20)25-11-10-17-15(2)31-21-7-5-4-6-18(17)21/h4-9,12-14H,3,10-11H2,1-2H3,(H,28,29)(H,25,26,27). The molecule has 2 aromatic heterocycles. The predicted molar refractivity (Wildman–Crippen MR) is 130 cm³/mol. The number of benzene rings is 2. The summed E-state index contributed by atoms with van der Waals surface area (Å²) in [6, 6.07) is 15.8. The van der Waals surface area contributed by atoms with Crippen molar-refractivity contribution in [1.29, 1.82) is 0 Å². The minimum Gasteiger partial charge on any atom is -0.478 e. The third kappa shape index (κ3) is 4.73. The van der Waals surface area contributed by atoms with Crippen molar-refractivity contribution in [3.63, 3.8) is 0 Å². The second-order valence-corrected chi connectivity index (χ2v) is 9.61. The highest BCUT2D eigenvalue weighted by Crippen LogP contribution is 2.31. The Labute approximate surface area is 189 Å². The largest absolute Gasteiger partial charge is 0.478 e. The molecular formula is C24H23N3O2S2. The van der Waals surface area contributed by atoms with Gasteiger partial charge in [-0.15, -0.1) is 23.1 Å². The molecule has 0 radical (unpaired) electrons. The molecule has 7 heteroatoms. The van der Waals surface area contributed by atoms with E-state index in [1.165, 1.54) is 32.3 Å². The number of thiophene rings is 1. The number of carbonyl (C=O) groups is 1. The summed E-state index contributed by atoms with van der Waals surface area (Å²) in [6.45, 7) is 4.95. The Kier molecular flexibility index (Phi) is 6.53. The maximum atomic E-state index is 11.5. The van der Waals surface area contributed by atoms with Crippen molar-refractivity contribution in [1.82, 2.24) is 9.97 Å². The number of aryl methyl sites for hydroxylation is 1. The highest BCUT2D eigenvalue weighted by Gasteiger charge is 2.13. The Balaban J connectivity index is 1.50. The van der Waals surface area contributed by atoms with E-state index in [9.17, 15) is 9.90 Å². The van der Waals surface area contributed by atoms with Crippen LogP contribution in [0.5, 0.6) is 0 Å². The highest BCUT2D eigenvalue weighted by atomic mass is 32.2. The first-order chi connectivity index (χ1) is 15.1. The molecule has 158 valence electrons. The lowest BCUT2D eigenvalue weighted by atomic mass is 10.1. The summed E-state index contributed by atoms with van der Waals surface area (Å²) in [7, 11) is 0. The molecule has 0 unspecified atom stereocenters. The molecule has 0 fully saturated rings. The fourth-order valence-electron chi connectivity index (χ4n) is 3.59. The van der Waals surface area contributed by atoms with Crippen LogP contribution in [-0.4, -0.2) is 33.3 Å². The van der Waals surface area contributed by atoms with E-state index in [0.29, 0.717) is 5.56 Å². The van der Waals surface area contributed by atoms with Crippen LogP contribution in [-0.2, 0) is 6.42 Å². The second-order valence-electron chi connectivity index (χ2n) is 7.05. The Bertz CT molecular complexity index is 1240. The van der Waals surface area contributed by atoms with Crippen molar-refractivity contribution in [2.75, 3.05) is 17.6 Å². The lowest BCUT2D eigenvalue weighted by molar-refractivity contribution is 0.0693. The number of carboxylic acids is 1. The van der Waals surface area contributed by atoms with E-state index in [1.807, 2.05) is 30.4 Å². The van der Waals surface area contributed by atoms with Gasteiger partial charge in [0.2, 0.25) is 0 Å². The second kappa shape index (κ2) is 9.49. The Morgan fingerprint density at radius 1 is 1.16 bits per heavy atom. The van der Waals surface area contributed by atoms with Crippen LogP contribution in [0.2, 0.25) is 0 Å². The van der Waals surface area contributed by atoms with Gasteiger partial charge in [0, 0.05) is 32.6 Å². The average Bonchev–Trinajstić information content (AvgIpc) is 3.09. The van der Waals surface area contributed by atoms with E-state index < -0.39 is 5.97 Å². The molecule has 0 aliphatic carbocycles. The highest BCUT2D eigenvalue weighted by molar-refractivity contribution is 7.99. The van der Waals surface area contributed by atoms with Crippen LogP contribution in [0.25, 0.3) is 21.3 Å². The lowest BCUT2D eigenvalue weighted by Crippen LogP contribution is -2.07. The van der Waals surface area contributed by atoms with Crippen molar-refractivity contribution in [2.24, 2.45) is 0 Å². The van der Waals surface area contributed by atoms with Crippen molar-refractivity contribution in [3.05, 3.63) is 70.9 Å². The summed E-state index contributed by atoms with van der Waals surface area (Å²) >= 11 is 3.35. The molecule has 0 bridgehead atoms. The number of aromatic nitrogens is 2. The SMILES string of the molecule is CCSc1cc(-c2cc(NCCc3c(C)sc4ccccc34)ncn2)ccc1C(=O)O. The number of anilines is 1. The summed E-state index contributed by atoms with van der Waals surface area (Å²) in [5.41, 5.74) is 3.35. The van der Waals surface area contributed by atoms with Gasteiger partial charge in [0.15, 0.2) is 0 Å². The fourth-order valence-corrected chi connectivity index (χ4v) is 5.54. The van der Waals surface area contributed by atoms with Gasteiger partial charge in [0.1, 0.15) is 12.1 Å². The summed E-state index contributed by atoms with van der Waals surface area (Å²) < 4.78 is 1.32. The summed E-state index contributed by atoms with van der Waals surface area (Å²) in [4.78, 5) is 22.3. The van der Waals surface area contributed by atoms with Crippen molar-refractivity contribution >= 4 is 45.0 Å². The number of nitrogens with one attached hydrogen (secondary N) is 1. The average molecular weight is 450 g/mol. The zero-order valence-corrected chi connectivity index (χ0v) is 19.0. The number of nitrogens with zero attached hydrogens (tertiary/aromatic N) is 2. The Morgan fingerprint density at radius 2 is 2.00 bits per heavy atom. The molecule has 31 heavy (non-hydrogen) atoms. The molecule has 4 rings (SSSR count). The van der Waals surface area contributed by atoms with Crippen molar-refractivity contribution in [2.45, 2.75) is 25.2 Å². The number of aromatic carboxylic acids is 1. The van der Waals surface area contributed by atoms with Crippen LogP contribution in [0.3, 0.4) is 0 Å². The van der Waals surface area contributed by atoms with E-state index in [4.69, 9.17) is 0 Å². The van der Waals surface area contributed by atoms with E-state index in [0.717, 1.165) is 40.7 Å². The topological polar surface area (TPSA) is 75.1 Å². The van der Waals surface area contributed by atoms with E-state index >= 15 is 0 Å². The molecule has 0 aliphatic rings. The van der Waals surface area contributed by atoms with E-state index in [1.54, 1.807) is 18.5 Å². The molecular weight excluding hydrogens is 426 g/mol. The van der Waals surface area contributed by atoms with Crippen molar-refractivity contribution < 1.29 is 9.90 Å². The zero-order chi connectivity index (χ0) is 21.8. The fraction of sp³-hybridized carbons (Fsp3) is 0.208. The third-order valence-electron chi connectivity index (χ3n) is 5.06. The van der Waals surface area contributed by atoms with Gasteiger partial charge in [-0.3, -0.25) is 0 Å². The number of rotatable bonds is 8. The number of hydrogen-bond acceptors (Lipinski definition) is 6. The maximum absolute atomic E-state index is 11.5. The number of carboxylic acid groups (broad SMARTS) is 1. The molecule has 0 aliphatic heterocycles. The molecule has 0 amide bonds. The molecule has 2 aromatic carbocycles. The maximum Gasteiger partial charge on any atom is 0.336 e. The van der Waals surface area contributed by atoms with Crippen LogP contribution in [0, 0.1) is 6.92 Å². The molecule has 0 saturated carbocycles. The lowest BCUT2D eigenvalue weighted by Gasteiger charge is -2.10. The van der Waals surface area contributed by atoms with E-state index in [2.05, 4.69) is 46.5 Å². The van der Waals surface area contributed by atoms with Gasteiger partial charge in [-0.25, -0.2) is 14.8 Å². The van der Waals surface area contributed by atoms with E-state index in [-0.39, 0.29) is 0 Å². The zero-order valence-electron chi connectivity index (χ0n) is 17.4. The van der Waals surface area contributed by atoms with Gasteiger partial charge in [-0.05, 0) is 48.2 Å². The van der Waals surface area contributed by atoms with Crippen LogP contribution < -0.4 is 5.32 Å². The van der Waals surface area contributed by atoms with Crippen LogP contribution >= 0.6 is 23.1 Å². The number of hydrogen-bond donors (Lipinski definition) is 2. The quantitative estimate of drug-likeness (QED) is 0.315. The van der Waals surface area contributed by atoms with Crippen LogP contribution in [0.4, 0.5) is 5.82 Å². The Hall–Kier alpha value is -2.90. The minimum absolute atomic E-state index is 0.321. The summed E-state index contributed by atoms with van der Waals surface area (Å²) in [5.74, 6) is 0.648. The molecule has 4 aromatic rings. The number of thioether (sulfide) groups is 1. The van der Waals surface area contributed by atoms with Crippen LogP contribution in [0.1, 0.15) is 27.7 Å². The first-order valence-electron chi connectivity index (χ1n) is 10.1. The molecule has 2 N–H and O–H groups in total.